The van der Waals surface area contributed by atoms with Crippen LogP contribution in [0.4, 0.5) is 0 Å². The summed E-state index contributed by atoms with van der Waals surface area (Å²) < 4.78 is 5.87. The monoisotopic (exact) mass is 303 g/mol. The van der Waals surface area contributed by atoms with E-state index in [1.54, 1.807) is 0 Å². The molecular weight excluding hydrogens is 282 g/mol. The zero-order chi connectivity index (χ0) is 15.1. The Morgan fingerprint density at radius 2 is 1.90 bits per heavy atom. The third-order valence-electron chi connectivity index (χ3n) is 3.41. The zero-order valence-electron chi connectivity index (χ0n) is 12.6. The summed E-state index contributed by atoms with van der Waals surface area (Å²) in [5, 5.41) is 4.22. The molecule has 0 aliphatic heterocycles. The highest BCUT2D eigenvalue weighted by molar-refractivity contribution is 6.30. The third-order valence-corrected chi connectivity index (χ3v) is 3.65. The van der Waals surface area contributed by atoms with Gasteiger partial charge in [-0.25, -0.2) is 0 Å². The fourth-order valence-corrected chi connectivity index (χ4v) is 2.57. The molecule has 1 atom stereocenters. The van der Waals surface area contributed by atoms with E-state index in [9.17, 15) is 0 Å². The molecule has 0 amide bonds. The quantitative estimate of drug-likeness (QED) is 0.779. The van der Waals surface area contributed by atoms with Crippen molar-refractivity contribution in [3.63, 3.8) is 0 Å². The van der Waals surface area contributed by atoms with E-state index in [-0.39, 0.29) is 0 Å². The molecule has 0 aliphatic rings. The Morgan fingerprint density at radius 3 is 2.62 bits per heavy atom. The molecule has 0 aromatic heterocycles. The molecule has 0 bridgehead atoms. The van der Waals surface area contributed by atoms with Gasteiger partial charge in [-0.15, -0.1) is 0 Å². The van der Waals surface area contributed by atoms with Gasteiger partial charge in [0, 0.05) is 11.1 Å². The first-order valence-corrected chi connectivity index (χ1v) is 7.81. The maximum absolute atomic E-state index is 5.98. The number of hydrogen-bond acceptors (Lipinski definition) is 2. The highest BCUT2D eigenvalue weighted by atomic mass is 35.5. The van der Waals surface area contributed by atoms with Crippen molar-refractivity contribution in [2.24, 2.45) is 0 Å². The first-order chi connectivity index (χ1) is 10.2. The van der Waals surface area contributed by atoms with E-state index in [1.807, 2.05) is 36.4 Å². The van der Waals surface area contributed by atoms with Crippen molar-refractivity contribution in [3.8, 4) is 5.75 Å². The van der Waals surface area contributed by atoms with E-state index in [2.05, 4.69) is 31.3 Å². The van der Waals surface area contributed by atoms with Crippen LogP contribution in [-0.4, -0.2) is 6.54 Å². The summed E-state index contributed by atoms with van der Waals surface area (Å²) in [7, 11) is 0. The van der Waals surface area contributed by atoms with Gasteiger partial charge in [-0.05, 0) is 48.4 Å². The smallest absolute Gasteiger partial charge is 0.120 e. The Morgan fingerprint density at radius 1 is 1.10 bits per heavy atom. The van der Waals surface area contributed by atoms with E-state index < -0.39 is 0 Å². The van der Waals surface area contributed by atoms with Crippen LogP contribution in [0.1, 0.15) is 37.4 Å². The van der Waals surface area contributed by atoms with Crippen LogP contribution in [0.15, 0.2) is 48.5 Å². The molecule has 0 saturated heterocycles. The Kier molecular flexibility index (Phi) is 6.09. The average molecular weight is 304 g/mol. The standard InChI is InChI=1S/C18H22ClNO/c1-3-18(20-4-2)15-8-6-10-17(12-15)21-13-14-7-5-9-16(19)11-14/h5-12,18,20H,3-4,13H2,1-2H3. The summed E-state index contributed by atoms with van der Waals surface area (Å²) in [6, 6.07) is 16.4. The van der Waals surface area contributed by atoms with Gasteiger partial charge in [0.2, 0.25) is 0 Å². The average Bonchev–Trinajstić information content (AvgIpc) is 2.51. The van der Waals surface area contributed by atoms with Crippen LogP contribution in [0.25, 0.3) is 0 Å². The fraction of sp³-hybridized carbons (Fsp3) is 0.333. The van der Waals surface area contributed by atoms with Crippen LogP contribution in [0, 0.1) is 0 Å². The molecule has 0 fully saturated rings. The minimum absolute atomic E-state index is 0.379. The van der Waals surface area contributed by atoms with Gasteiger partial charge < -0.3 is 10.1 Å². The van der Waals surface area contributed by atoms with Crippen molar-refractivity contribution in [3.05, 3.63) is 64.7 Å². The molecule has 2 aromatic rings. The normalized spacial score (nSPS) is 12.1. The van der Waals surface area contributed by atoms with E-state index >= 15 is 0 Å². The molecule has 0 radical (unpaired) electrons. The van der Waals surface area contributed by atoms with Gasteiger partial charge >= 0.3 is 0 Å². The lowest BCUT2D eigenvalue weighted by Crippen LogP contribution is -2.19. The molecule has 0 aliphatic carbocycles. The fourth-order valence-electron chi connectivity index (χ4n) is 2.36. The molecule has 21 heavy (non-hydrogen) atoms. The number of halogens is 1. The van der Waals surface area contributed by atoms with Gasteiger partial charge in [0.1, 0.15) is 12.4 Å². The Bertz CT molecular complexity index is 571. The molecule has 1 unspecified atom stereocenters. The highest BCUT2D eigenvalue weighted by Gasteiger charge is 2.08. The first kappa shape index (κ1) is 15.9. The van der Waals surface area contributed by atoms with Gasteiger partial charge in [0.05, 0.1) is 0 Å². The highest BCUT2D eigenvalue weighted by Crippen LogP contribution is 2.22. The topological polar surface area (TPSA) is 21.3 Å². The van der Waals surface area contributed by atoms with Crippen molar-refractivity contribution in [2.75, 3.05) is 6.54 Å². The number of hydrogen-bond donors (Lipinski definition) is 1. The van der Waals surface area contributed by atoms with Crippen molar-refractivity contribution in [1.82, 2.24) is 5.32 Å². The summed E-state index contributed by atoms with van der Waals surface area (Å²) >= 11 is 5.98. The summed E-state index contributed by atoms with van der Waals surface area (Å²) in [5.41, 5.74) is 2.34. The molecule has 0 heterocycles. The summed E-state index contributed by atoms with van der Waals surface area (Å²) in [6.45, 7) is 5.81. The Hall–Kier alpha value is -1.51. The lowest BCUT2D eigenvalue weighted by atomic mass is 10.0. The summed E-state index contributed by atoms with van der Waals surface area (Å²) in [5.74, 6) is 0.892. The van der Waals surface area contributed by atoms with Crippen LogP contribution in [-0.2, 0) is 6.61 Å². The third kappa shape index (κ3) is 4.76. The molecule has 2 rings (SSSR count). The van der Waals surface area contributed by atoms with E-state index in [0.29, 0.717) is 12.6 Å². The molecule has 3 heteroatoms. The number of benzene rings is 2. The molecule has 0 saturated carbocycles. The Balaban J connectivity index is 2.03. The number of ether oxygens (including phenoxy) is 1. The maximum atomic E-state index is 5.98. The Labute approximate surface area is 132 Å². The van der Waals surface area contributed by atoms with Crippen molar-refractivity contribution in [1.29, 1.82) is 0 Å². The molecule has 2 aromatic carbocycles. The minimum atomic E-state index is 0.379. The predicted octanol–water partition coefficient (Wildman–Crippen LogP) is 4.98. The van der Waals surface area contributed by atoms with Crippen LogP contribution in [0.2, 0.25) is 5.02 Å². The number of rotatable bonds is 7. The van der Waals surface area contributed by atoms with Crippen LogP contribution < -0.4 is 10.1 Å². The van der Waals surface area contributed by atoms with Gasteiger partial charge in [0.15, 0.2) is 0 Å². The van der Waals surface area contributed by atoms with Crippen molar-refractivity contribution < 1.29 is 4.74 Å². The lowest BCUT2D eigenvalue weighted by Gasteiger charge is -2.17. The molecule has 1 N–H and O–H groups in total. The largest absolute Gasteiger partial charge is 0.489 e. The molecule has 0 spiro atoms. The van der Waals surface area contributed by atoms with Crippen LogP contribution in [0.3, 0.4) is 0 Å². The van der Waals surface area contributed by atoms with Gasteiger partial charge in [0.25, 0.3) is 0 Å². The van der Waals surface area contributed by atoms with Crippen LogP contribution in [0.5, 0.6) is 5.75 Å². The van der Waals surface area contributed by atoms with E-state index in [1.165, 1.54) is 5.56 Å². The minimum Gasteiger partial charge on any atom is -0.489 e. The second-order valence-corrected chi connectivity index (χ2v) is 5.45. The van der Waals surface area contributed by atoms with E-state index in [0.717, 1.165) is 29.3 Å². The first-order valence-electron chi connectivity index (χ1n) is 7.43. The van der Waals surface area contributed by atoms with Gasteiger partial charge in [-0.3, -0.25) is 0 Å². The van der Waals surface area contributed by atoms with Crippen molar-refractivity contribution in [2.45, 2.75) is 32.9 Å². The molecular formula is C18H22ClNO. The van der Waals surface area contributed by atoms with Gasteiger partial charge in [-0.1, -0.05) is 49.7 Å². The summed E-state index contributed by atoms with van der Waals surface area (Å²) in [6.07, 6.45) is 1.06. The second-order valence-electron chi connectivity index (χ2n) is 5.01. The molecule has 2 nitrogen and oxygen atoms in total. The zero-order valence-corrected chi connectivity index (χ0v) is 13.4. The lowest BCUT2D eigenvalue weighted by molar-refractivity contribution is 0.305. The van der Waals surface area contributed by atoms with E-state index in [4.69, 9.17) is 16.3 Å². The second kappa shape index (κ2) is 8.06. The van der Waals surface area contributed by atoms with Crippen molar-refractivity contribution >= 4 is 11.6 Å². The summed E-state index contributed by atoms with van der Waals surface area (Å²) in [4.78, 5) is 0. The van der Waals surface area contributed by atoms with Crippen LogP contribution >= 0.6 is 11.6 Å². The number of nitrogens with one attached hydrogen (secondary N) is 1. The maximum Gasteiger partial charge on any atom is 0.120 e. The predicted molar refractivity (Wildman–Crippen MR) is 88.9 cm³/mol. The SMILES string of the molecule is CCNC(CC)c1cccc(OCc2cccc(Cl)c2)c1. The van der Waals surface area contributed by atoms with Gasteiger partial charge in [-0.2, -0.15) is 0 Å². The molecule has 112 valence electrons.